The van der Waals surface area contributed by atoms with Crippen molar-refractivity contribution in [3.63, 3.8) is 0 Å². The highest BCUT2D eigenvalue weighted by Crippen LogP contribution is 2.13. The molecule has 0 saturated carbocycles. The normalized spacial score (nSPS) is 10.5. The summed E-state index contributed by atoms with van der Waals surface area (Å²) in [6.45, 7) is 6.06. The largest absolute Gasteiger partial charge is 0.370 e. The van der Waals surface area contributed by atoms with E-state index in [2.05, 4.69) is 52.0 Å². The van der Waals surface area contributed by atoms with Gasteiger partial charge in [-0.25, -0.2) is 9.97 Å². The Morgan fingerprint density at radius 1 is 1.10 bits per heavy atom. The zero-order valence-corrected chi connectivity index (χ0v) is 13.0. The van der Waals surface area contributed by atoms with Crippen molar-refractivity contribution in [1.82, 2.24) is 9.97 Å². The molecule has 0 amide bonds. The first-order chi connectivity index (χ1) is 9.81. The second-order valence-electron chi connectivity index (χ2n) is 4.59. The Balaban J connectivity index is 1.94. The van der Waals surface area contributed by atoms with Crippen molar-refractivity contribution in [2.45, 2.75) is 33.1 Å². The van der Waals surface area contributed by atoms with Crippen LogP contribution in [0, 0.1) is 0 Å². The minimum Gasteiger partial charge on any atom is -0.370 e. The summed E-state index contributed by atoms with van der Waals surface area (Å²) < 4.78 is 0. The molecular weight excluding hydrogens is 268 g/mol. The Kier molecular flexibility index (Phi) is 5.80. The van der Waals surface area contributed by atoms with Gasteiger partial charge in [-0.05, 0) is 24.3 Å². The Hall–Kier alpha value is -1.62. The van der Waals surface area contributed by atoms with E-state index in [1.807, 2.05) is 6.07 Å². The van der Waals surface area contributed by atoms with Crippen molar-refractivity contribution < 1.29 is 0 Å². The first-order valence-corrected chi connectivity index (χ1v) is 8.08. The zero-order valence-electron chi connectivity index (χ0n) is 12.1. The van der Waals surface area contributed by atoms with Crippen LogP contribution >= 0.6 is 11.3 Å². The van der Waals surface area contributed by atoms with Crippen molar-refractivity contribution in [3.05, 3.63) is 34.3 Å². The van der Waals surface area contributed by atoms with Crippen molar-refractivity contribution >= 4 is 23.0 Å². The molecule has 0 atom stereocenters. The van der Waals surface area contributed by atoms with Gasteiger partial charge in [-0.2, -0.15) is 0 Å². The molecule has 2 aromatic rings. The smallest absolute Gasteiger partial charge is 0.132 e. The Morgan fingerprint density at radius 2 is 1.85 bits per heavy atom. The molecule has 0 saturated heterocycles. The van der Waals surface area contributed by atoms with Crippen LogP contribution in [-0.2, 0) is 12.8 Å². The van der Waals surface area contributed by atoms with E-state index in [0.717, 1.165) is 49.8 Å². The van der Waals surface area contributed by atoms with Crippen LogP contribution < -0.4 is 10.6 Å². The highest BCUT2D eigenvalue weighted by atomic mass is 32.1. The minimum absolute atomic E-state index is 0.848. The molecule has 108 valence electrons. The van der Waals surface area contributed by atoms with Crippen LogP contribution in [0.3, 0.4) is 0 Å². The summed E-state index contributed by atoms with van der Waals surface area (Å²) in [4.78, 5) is 10.4. The minimum atomic E-state index is 0.848. The van der Waals surface area contributed by atoms with Gasteiger partial charge in [0.25, 0.3) is 0 Å². The molecule has 4 nitrogen and oxygen atoms in total. The lowest BCUT2D eigenvalue weighted by molar-refractivity contribution is 0.910. The second-order valence-corrected chi connectivity index (χ2v) is 5.62. The third kappa shape index (κ3) is 4.49. The lowest BCUT2D eigenvalue weighted by Gasteiger charge is -2.10. The number of aryl methyl sites for hydroxylation is 1. The fourth-order valence-corrected chi connectivity index (χ4v) is 2.57. The summed E-state index contributed by atoms with van der Waals surface area (Å²) in [6.07, 6.45) is 2.97. The number of thiophene rings is 1. The maximum atomic E-state index is 4.52. The molecule has 0 aromatic carbocycles. The average molecular weight is 290 g/mol. The van der Waals surface area contributed by atoms with Gasteiger partial charge in [0.15, 0.2) is 0 Å². The van der Waals surface area contributed by atoms with E-state index >= 15 is 0 Å². The summed E-state index contributed by atoms with van der Waals surface area (Å²) in [5.74, 6) is 2.70. The highest BCUT2D eigenvalue weighted by molar-refractivity contribution is 7.09. The van der Waals surface area contributed by atoms with Crippen molar-refractivity contribution in [1.29, 1.82) is 0 Å². The molecule has 0 aliphatic rings. The van der Waals surface area contributed by atoms with Gasteiger partial charge in [0.05, 0.1) is 0 Å². The fourth-order valence-electron chi connectivity index (χ4n) is 1.86. The third-order valence-electron chi connectivity index (χ3n) is 2.90. The molecule has 0 aliphatic carbocycles. The van der Waals surface area contributed by atoms with E-state index in [4.69, 9.17) is 0 Å². The molecule has 0 spiro atoms. The van der Waals surface area contributed by atoms with E-state index in [1.165, 1.54) is 4.88 Å². The van der Waals surface area contributed by atoms with E-state index in [9.17, 15) is 0 Å². The Morgan fingerprint density at radius 3 is 2.45 bits per heavy atom. The van der Waals surface area contributed by atoms with Crippen molar-refractivity contribution in [3.8, 4) is 0 Å². The molecule has 0 aliphatic heterocycles. The Bertz CT molecular complexity index is 511. The van der Waals surface area contributed by atoms with Crippen LogP contribution in [0.4, 0.5) is 11.6 Å². The van der Waals surface area contributed by atoms with E-state index in [0.29, 0.717) is 0 Å². The standard InChI is InChI=1S/C15H22N4S/c1-3-8-16-14-11-15(19-13(4-2)18-14)17-9-7-12-6-5-10-20-12/h5-6,10-11H,3-4,7-9H2,1-2H3,(H2,16,17,18,19). The SMILES string of the molecule is CCCNc1cc(NCCc2cccs2)nc(CC)n1. The first-order valence-electron chi connectivity index (χ1n) is 7.20. The number of anilines is 2. The molecule has 2 rings (SSSR count). The number of aromatic nitrogens is 2. The predicted octanol–water partition coefficient (Wildman–Crippen LogP) is 3.58. The molecule has 0 unspecified atom stereocenters. The molecule has 20 heavy (non-hydrogen) atoms. The van der Waals surface area contributed by atoms with Gasteiger partial charge in [0.1, 0.15) is 17.5 Å². The summed E-state index contributed by atoms with van der Waals surface area (Å²) in [5.41, 5.74) is 0. The monoisotopic (exact) mass is 290 g/mol. The van der Waals surface area contributed by atoms with Gasteiger partial charge in [-0.1, -0.05) is 19.9 Å². The lowest BCUT2D eigenvalue weighted by atomic mass is 10.3. The number of hydrogen-bond acceptors (Lipinski definition) is 5. The zero-order chi connectivity index (χ0) is 14.2. The molecular formula is C15H22N4S. The second kappa shape index (κ2) is 7.85. The maximum absolute atomic E-state index is 4.52. The number of nitrogens with one attached hydrogen (secondary N) is 2. The molecule has 0 radical (unpaired) electrons. The predicted molar refractivity (Wildman–Crippen MR) is 86.7 cm³/mol. The van der Waals surface area contributed by atoms with Gasteiger partial charge >= 0.3 is 0 Å². The molecule has 5 heteroatoms. The van der Waals surface area contributed by atoms with E-state index in [-0.39, 0.29) is 0 Å². The number of hydrogen-bond donors (Lipinski definition) is 2. The quantitative estimate of drug-likeness (QED) is 0.780. The molecule has 0 fully saturated rings. The van der Waals surface area contributed by atoms with Gasteiger partial charge in [0.2, 0.25) is 0 Å². The van der Waals surface area contributed by atoms with Crippen LogP contribution in [0.1, 0.15) is 31.0 Å². The van der Waals surface area contributed by atoms with Gasteiger partial charge in [-0.3, -0.25) is 0 Å². The average Bonchev–Trinajstić information content (AvgIpc) is 2.98. The summed E-state index contributed by atoms with van der Waals surface area (Å²) in [5, 5.41) is 8.83. The molecule has 0 bridgehead atoms. The number of nitrogens with zero attached hydrogens (tertiary/aromatic N) is 2. The summed E-state index contributed by atoms with van der Waals surface area (Å²) in [7, 11) is 0. The van der Waals surface area contributed by atoms with Crippen LogP contribution in [0.5, 0.6) is 0 Å². The highest BCUT2D eigenvalue weighted by Gasteiger charge is 2.03. The van der Waals surface area contributed by atoms with Crippen molar-refractivity contribution in [2.75, 3.05) is 23.7 Å². The Labute approximate surface area is 124 Å². The molecule has 2 N–H and O–H groups in total. The van der Waals surface area contributed by atoms with Crippen LogP contribution in [-0.4, -0.2) is 23.1 Å². The lowest BCUT2D eigenvalue weighted by Crippen LogP contribution is -2.10. The first kappa shape index (κ1) is 14.8. The van der Waals surface area contributed by atoms with Gasteiger partial charge in [0, 0.05) is 30.5 Å². The third-order valence-corrected chi connectivity index (χ3v) is 3.84. The molecule has 2 heterocycles. The summed E-state index contributed by atoms with van der Waals surface area (Å²) in [6, 6.07) is 6.24. The van der Waals surface area contributed by atoms with Crippen LogP contribution in [0.25, 0.3) is 0 Å². The fraction of sp³-hybridized carbons (Fsp3) is 0.467. The van der Waals surface area contributed by atoms with E-state index in [1.54, 1.807) is 11.3 Å². The van der Waals surface area contributed by atoms with Crippen LogP contribution in [0.15, 0.2) is 23.6 Å². The van der Waals surface area contributed by atoms with E-state index < -0.39 is 0 Å². The maximum Gasteiger partial charge on any atom is 0.132 e. The van der Waals surface area contributed by atoms with Gasteiger partial charge < -0.3 is 10.6 Å². The van der Waals surface area contributed by atoms with Crippen molar-refractivity contribution in [2.24, 2.45) is 0 Å². The van der Waals surface area contributed by atoms with Gasteiger partial charge in [-0.15, -0.1) is 11.3 Å². The molecule has 2 aromatic heterocycles. The summed E-state index contributed by atoms with van der Waals surface area (Å²) >= 11 is 1.79. The number of rotatable bonds is 8. The topological polar surface area (TPSA) is 49.8 Å². The van der Waals surface area contributed by atoms with Crippen LogP contribution in [0.2, 0.25) is 0 Å².